The number of para-hydroxylation sites is 1. The third-order valence-corrected chi connectivity index (χ3v) is 5.64. The minimum Gasteiger partial charge on any atom is -0.361 e. The summed E-state index contributed by atoms with van der Waals surface area (Å²) in [7, 11) is 0. The number of benzene rings is 1. The highest BCUT2D eigenvalue weighted by molar-refractivity contribution is 7.22. The summed E-state index contributed by atoms with van der Waals surface area (Å²) in [4.78, 5) is 21.4. The highest BCUT2D eigenvalue weighted by atomic mass is 32.1. The van der Waals surface area contributed by atoms with E-state index in [0.717, 1.165) is 30.2 Å². The zero-order chi connectivity index (χ0) is 17.4. The maximum atomic E-state index is 12.5. The van der Waals surface area contributed by atoms with E-state index in [1.165, 1.54) is 10.3 Å². The van der Waals surface area contributed by atoms with Crippen LogP contribution >= 0.6 is 11.3 Å². The number of rotatable bonds is 3. The Labute approximate surface area is 150 Å². The van der Waals surface area contributed by atoms with E-state index < -0.39 is 0 Å². The van der Waals surface area contributed by atoms with Crippen LogP contribution < -0.4 is 4.90 Å². The van der Waals surface area contributed by atoms with Crippen LogP contribution in [0, 0.1) is 6.92 Å². The molecule has 1 amide bonds. The molecule has 2 aromatic heterocycles. The molecular weight excluding hydrogens is 336 g/mol. The van der Waals surface area contributed by atoms with Crippen molar-refractivity contribution in [3.63, 3.8) is 0 Å². The molecule has 25 heavy (non-hydrogen) atoms. The smallest absolute Gasteiger partial charge is 0.276 e. The fourth-order valence-corrected chi connectivity index (χ4v) is 4.21. The zero-order valence-corrected chi connectivity index (χ0v) is 15.2. The standard InChI is InChI=1S/C18H20N4O2S/c1-3-13-5-4-6-15-16(13)19-18(25-15)22-9-7-21(8-10-22)17(23)14-11-12(2)24-20-14/h4-6,11H,3,7-10H2,1-2H3. The summed E-state index contributed by atoms with van der Waals surface area (Å²) in [5.41, 5.74) is 2.79. The third-order valence-electron chi connectivity index (χ3n) is 4.56. The predicted molar refractivity (Wildman–Crippen MR) is 98.4 cm³/mol. The summed E-state index contributed by atoms with van der Waals surface area (Å²) in [6, 6.07) is 8.05. The minimum atomic E-state index is -0.0610. The average Bonchev–Trinajstić information content (AvgIpc) is 3.27. The van der Waals surface area contributed by atoms with E-state index >= 15 is 0 Å². The first-order chi connectivity index (χ1) is 12.2. The number of hydrogen-bond acceptors (Lipinski definition) is 6. The van der Waals surface area contributed by atoms with Crippen molar-refractivity contribution in [2.45, 2.75) is 20.3 Å². The Bertz CT molecular complexity index is 909. The first-order valence-electron chi connectivity index (χ1n) is 8.51. The molecule has 0 bridgehead atoms. The Morgan fingerprint density at radius 2 is 2.08 bits per heavy atom. The number of thiazole rings is 1. The summed E-state index contributed by atoms with van der Waals surface area (Å²) in [6.07, 6.45) is 0.986. The molecule has 7 heteroatoms. The van der Waals surface area contributed by atoms with Crippen LogP contribution in [0.25, 0.3) is 10.2 Å². The summed E-state index contributed by atoms with van der Waals surface area (Å²) < 4.78 is 6.23. The molecule has 0 saturated carbocycles. The van der Waals surface area contributed by atoms with Gasteiger partial charge in [-0.2, -0.15) is 0 Å². The van der Waals surface area contributed by atoms with Gasteiger partial charge >= 0.3 is 0 Å². The van der Waals surface area contributed by atoms with Crippen LogP contribution in [0.4, 0.5) is 5.13 Å². The number of hydrogen-bond donors (Lipinski definition) is 0. The van der Waals surface area contributed by atoms with Crippen LogP contribution in [0.15, 0.2) is 28.8 Å². The van der Waals surface area contributed by atoms with Gasteiger partial charge in [-0.15, -0.1) is 0 Å². The molecule has 4 rings (SSSR count). The first-order valence-corrected chi connectivity index (χ1v) is 9.33. The molecule has 0 spiro atoms. The van der Waals surface area contributed by atoms with Gasteiger partial charge in [-0.1, -0.05) is 35.5 Å². The lowest BCUT2D eigenvalue weighted by Crippen LogP contribution is -2.48. The van der Waals surface area contributed by atoms with E-state index in [9.17, 15) is 4.79 Å². The molecule has 0 atom stereocenters. The topological polar surface area (TPSA) is 62.5 Å². The zero-order valence-electron chi connectivity index (χ0n) is 14.4. The van der Waals surface area contributed by atoms with E-state index in [1.54, 1.807) is 24.3 Å². The fraction of sp³-hybridized carbons (Fsp3) is 0.389. The largest absolute Gasteiger partial charge is 0.361 e. The summed E-state index contributed by atoms with van der Waals surface area (Å²) in [6.45, 7) is 6.85. The van der Waals surface area contributed by atoms with Crippen LogP contribution in [0.1, 0.15) is 28.7 Å². The molecular formula is C18H20N4O2S. The molecule has 3 heterocycles. The van der Waals surface area contributed by atoms with E-state index in [1.807, 2.05) is 4.90 Å². The number of nitrogens with zero attached hydrogens (tertiary/aromatic N) is 4. The van der Waals surface area contributed by atoms with E-state index in [2.05, 4.69) is 35.2 Å². The SMILES string of the molecule is CCc1cccc2sc(N3CCN(C(=O)c4cc(C)on4)CC3)nc12. The van der Waals surface area contributed by atoms with Crippen molar-refractivity contribution in [3.8, 4) is 0 Å². The lowest BCUT2D eigenvalue weighted by molar-refractivity contribution is 0.0736. The Morgan fingerprint density at radius 3 is 2.76 bits per heavy atom. The van der Waals surface area contributed by atoms with Gasteiger partial charge in [0, 0.05) is 32.2 Å². The number of aryl methyl sites for hydroxylation is 2. The normalized spacial score (nSPS) is 15.1. The molecule has 1 aliphatic rings. The number of aromatic nitrogens is 2. The number of carbonyl (C=O) groups excluding carboxylic acids is 1. The van der Waals surface area contributed by atoms with Crippen molar-refractivity contribution in [3.05, 3.63) is 41.3 Å². The van der Waals surface area contributed by atoms with Crippen LogP contribution in [-0.4, -0.2) is 47.1 Å². The molecule has 130 valence electrons. The Kier molecular flexibility index (Phi) is 4.17. The molecule has 1 fully saturated rings. The van der Waals surface area contributed by atoms with Gasteiger partial charge in [0.15, 0.2) is 10.8 Å². The maximum absolute atomic E-state index is 12.5. The minimum absolute atomic E-state index is 0.0610. The number of fused-ring (bicyclic) bond motifs is 1. The summed E-state index contributed by atoms with van der Waals surface area (Å²) >= 11 is 1.73. The van der Waals surface area contributed by atoms with Crippen molar-refractivity contribution in [1.82, 2.24) is 15.0 Å². The van der Waals surface area contributed by atoms with Crippen LogP contribution in [0.2, 0.25) is 0 Å². The first kappa shape index (κ1) is 16.1. The third kappa shape index (κ3) is 3.00. The van der Waals surface area contributed by atoms with Gasteiger partial charge in [0.05, 0.1) is 10.2 Å². The second-order valence-corrected chi connectivity index (χ2v) is 7.23. The Hall–Kier alpha value is -2.41. The highest BCUT2D eigenvalue weighted by Crippen LogP contribution is 2.31. The lowest BCUT2D eigenvalue weighted by atomic mass is 10.1. The van der Waals surface area contributed by atoms with Gasteiger partial charge in [0.2, 0.25) is 0 Å². The van der Waals surface area contributed by atoms with Crippen LogP contribution in [0.5, 0.6) is 0 Å². The van der Waals surface area contributed by atoms with Crippen molar-refractivity contribution in [2.75, 3.05) is 31.1 Å². The van der Waals surface area contributed by atoms with Crippen molar-refractivity contribution in [2.24, 2.45) is 0 Å². The molecule has 0 aliphatic carbocycles. The van der Waals surface area contributed by atoms with Crippen molar-refractivity contribution in [1.29, 1.82) is 0 Å². The molecule has 1 aliphatic heterocycles. The number of anilines is 1. The van der Waals surface area contributed by atoms with Gasteiger partial charge in [-0.25, -0.2) is 4.98 Å². The quantitative estimate of drug-likeness (QED) is 0.721. The molecule has 0 unspecified atom stereocenters. The van der Waals surface area contributed by atoms with Crippen molar-refractivity contribution >= 4 is 32.6 Å². The van der Waals surface area contributed by atoms with E-state index in [-0.39, 0.29) is 5.91 Å². The van der Waals surface area contributed by atoms with Gasteiger partial charge in [0.25, 0.3) is 5.91 Å². The van der Waals surface area contributed by atoms with Crippen molar-refractivity contribution < 1.29 is 9.32 Å². The second-order valence-electron chi connectivity index (χ2n) is 6.22. The van der Waals surface area contributed by atoms with E-state index in [0.29, 0.717) is 24.5 Å². The summed E-state index contributed by atoms with van der Waals surface area (Å²) in [5, 5.41) is 4.87. The van der Waals surface area contributed by atoms with Gasteiger partial charge in [0.1, 0.15) is 5.76 Å². The average molecular weight is 356 g/mol. The monoisotopic (exact) mass is 356 g/mol. The van der Waals surface area contributed by atoms with Crippen LogP contribution in [0.3, 0.4) is 0 Å². The number of piperazine rings is 1. The number of amides is 1. The second kappa shape index (κ2) is 6.48. The molecule has 1 saturated heterocycles. The Morgan fingerprint density at radius 1 is 1.28 bits per heavy atom. The predicted octanol–water partition coefficient (Wildman–Crippen LogP) is 3.12. The lowest BCUT2D eigenvalue weighted by Gasteiger charge is -2.34. The maximum Gasteiger partial charge on any atom is 0.276 e. The number of carbonyl (C=O) groups is 1. The van der Waals surface area contributed by atoms with Gasteiger partial charge < -0.3 is 14.3 Å². The highest BCUT2D eigenvalue weighted by Gasteiger charge is 2.25. The van der Waals surface area contributed by atoms with Gasteiger partial charge in [-0.3, -0.25) is 4.79 Å². The molecule has 0 radical (unpaired) electrons. The molecule has 0 N–H and O–H groups in total. The molecule has 1 aromatic carbocycles. The summed E-state index contributed by atoms with van der Waals surface area (Å²) in [5.74, 6) is 0.595. The Balaban J connectivity index is 1.47. The van der Waals surface area contributed by atoms with E-state index in [4.69, 9.17) is 9.51 Å². The fourth-order valence-electron chi connectivity index (χ4n) is 3.14. The van der Waals surface area contributed by atoms with Gasteiger partial charge in [-0.05, 0) is 25.0 Å². The van der Waals surface area contributed by atoms with Crippen LogP contribution in [-0.2, 0) is 6.42 Å². The molecule has 6 nitrogen and oxygen atoms in total. The molecule has 3 aromatic rings.